The lowest BCUT2D eigenvalue weighted by molar-refractivity contribution is 0.630. The van der Waals surface area contributed by atoms with Gasteiger partial charge in [0.1, 0.15) is 5.82 Å². The number of rotatable bonds is 2. The van der Waals surface area contributed by atoms with Gasteiger partial charge in [0, 0.05) is 24.8 Å². The van der Waals surface area contributed by atoms with Crippen molar-refractivity contribution in [3.8, 4) is 11.3 Å². The molecule has 0 saturated heterocycles. The van der Waals surface area contributed by atoms with E-state index in [0.29, 0.717) is 0 Å². The average molecular weight is 367 g/mol. The second kappa shape index (κ2) is 6.98. The van der Waals surface area contributed by atoms with Crippen LogP contribution in [0.4, 0.5) is 4.39 Å². The largest absolute Gasteiger partial charge is 0.309 e. The van der Waals surface area contributed by atoms with Crippen LogP contribution in [0.15, 0.2) is 79.0 Å². The van der Waals surface area contributed by atoms with Gasteiger partial charge in [0.25, 0.3) is 0 Å². The highest BCUT2D eigenvalue weighted by molar-refractivity contribution is 5.90. The molecule has 3 aromatic carbocycles. The van der Waals surface area contributed by atoms with E-state index in [1.54, 1.807) is 12.3 Å². The summed E-state index contributed by atoms with van der Waals surface area (Å²) in [5, 5.41) is 13.6. The highest BCUT2D eigenvalue weighted by Gasteiger charge is 2.15. The number of fused-ring (bicyclic) bond motifs is 2. The smallest absolute Gasteiger partial charge is 0.123 e. The number of nitrogens with zero attached hydrogens (tertiary/aromatic N) is 2. The first-order valence-corrected chi connectivity index (χ1v) is 9.30. The molecule has 4 heteroatoms. The molecule has 1 aliphatic rings. The van der Waals surface area contributed by atoms with Gasteiger partial charge in [0.2, 0.25) is 0 Å². The van der Waals surface area contributed by atoms with Gasteiger partial charge in [0.05, 0.1) is 5.69 Å². The van der Waals surface area contributed by atoms with Crippen molar-refractivity contribution >= 4 is 16.3 Å². The van der Waals surface area contributed by atoms with Crippen LogP contribution in [-0.2, 0) is 6.54 Å². The first kappa shape index (κ1) is 16.8. The fourth-order valence-corrected chi connectivity index (χ4v) is 3.77. The monoisotopic (exact) mass is 367 g/mol. The van der Waals surface area contributed by atoms with Crippen molar-refractivity contribution in [1.82, 2.24) is 15.5 Å². The normalized spacial score (nSPS) is 13.7. The molecule has 0 aliphatic carbocycles. The van der Waals surface area contributed by atoms with Gasteiger partial charge >= 0.3 is 0 Å². The van der Waals surface area contributed by atoms with Gasteiger partial charge in [-0.2, -0.15) is 10.2 Å². The summed E-state index contributed by atoms with van der Waals surface area (Å²) in [6, 6.07) is 21.4. The van der Waals surface area contributed by atoms with Crippen molar-refractivity contribution in [2.24, 2.45) is 0 Å². The Balaban J connectivity index is 1.60. The maximum Gasteiger partial charge on any atom is 0.123 e. The molecule has 1 aromatic heterocycles. The lowest BCUT2D eigenvalue weighted by atomic mass is 9.91. The van der Waals surface area contributed by atoms with Crippen LogP contribution < -0.4 is 5.32 Å². The van der Waals surface area contributed by atoms with Gasteiger partial charge in [-0.3, -0.25) is 0 Å². The Labute approximate surface area is 162 Å². The third kappa shape index (κ3) is 3.08. The molecule has 4 aromatic rings. The molecule has 0 fully saturated rings. The van der Waals surface area contributed by atoms with E-state index in [4.69, 9.17) is 0 Å². The second-order valence-corrected chi connectivity index (χ2v) is 6.94. The molecule has 136 valence electrons. The Bertz CT molecular complexity index is 1200. The van der Waals surface area contributed by atoms with Crippen molar-refractivity contribution < 1.29 is 4.39 Å². The van der Waals surface area contributed by atoms with E-state index < -0.39 is 0 Å². The van der Waals surface area contributed by atoms with Crippen molar-refractivity contribution in [3.05, 3.63) is 102 Å². The first-order valence-electron chi connectivity index (χ1n) is 9.30. The molecule has 0 amide bonds. The van der Waals surface area contributed by atoms with E-state index in [0.717, 1.165) is 40.7 Å². The second-order valence-electron chi connectivity index (χ2n) is 6.94. The molecule has 3 nitrogen and oxygen atoms in total. The summed E-state index contributed by atoms with van der Waals surface area (Å²) in [7, 11) is 0. The van der Waals surface area contributed by atoms with Crippen LogP contribution in [0.1, 0.15) is 16.7 Å². The van der Waals surface area contributed by atoms with Gasteiger partial charge in [-0.15, -0.1) is 0 Å². The Kier molecular flexibility index (Phi) is 4.18. The zero-order valence-corrected chi connectivity index (χ0v) is 15.2. The van der Waals surface area contributed by atoms with Crippen LogP contribution in [-0.4, -0.2) is 16.7 Å². The van der Waals surface area contributed by atoms with Crippen molar-refractivity contribution in [3.63, 3.8) is 0 Å². The van der Waals surface area contributed by atoms with Gasteiger partial charge in [0.15, 0.2) is 0 Å². The molecule has 0 radical (unpaired) electrons. The Morgan fingerprint density at radius 2 is 1.71 bits per heavy atom. The molecular weight excluding hydrogens is 349 g/mol. The van der Waals surface area contributed by atoms with Crippen molar-refractivity contribution in [2.75, 3.05) is 6.54 Å². The fourth-order valence-electron chi connectivity index (χ4n) is 3.77. The molecule has 0 unspecified atom stereocenters. The lowest BCUT2D eigenvalue weighted by Gasteiger charge is -2.13. The molecule has 0 bridgehead atoms. The first-order chi connectivity index (χ1) is 13.8. The highest BCUT2D eigenvalue weighted by Crippen LogP contribution is 2.32. The van der Waals surface area contributed by atoms with E-state index >= 15 is 0 Å². The Morgan fingerprint density at radius 3 is 2.61 bits per heavy atom. The predicted molar refractivity (Wildman–Crippen MR) is 110 cm³/mol. The van der Waals surface area contributed by atoms with Crippen LogP contribution in [0.25, 0.3) is 27.6 Å². The SMILES string of the molecule is Fc1ccc2cc(C3=CCNCc4cc(-c5cccnn5)ccc43)ccc2c1. The van der Waals surface area contributed by atoms with Crippen LogP contribution in [0.3, 0.4) is 0 Å². The number of hydrogen-bond acceptors (Lipinski definition) is 3. The molecule has 2 heterocycles. The summed E-state index contributed by atoms with van der Waals surface area (Å²) < 4.78 is 13.5. The maximum absolute atomic E-state index is 13.5. The lowest BCUT2D eigenvalue weighted by Crippen LogP contribution is -2.11. The highest BCUT2D eigenvalue weighted by atomic mass is 19.1. The minimum absolute atomic E-state index is 0.208. The topological polar surface area (TPSA) is 37.8 Å². The minimum Gasteiger partial charge on any atom is -0.309 e. The predicted octanol–water partition coefficient (Wildman–Crippen LogP) is 4.97. The van der Waals surface area contributed by atoms with Crippen molar-refractivity contribution in [2.45, 2.75) is 6.54 Å². The van der Waals surface area contributed by atoms with Crippen LogP contribution in [0.5, 0.6) is 0 Å². The summed E-state index contributed by atoms with van der Waals surface area (Å²) in [5.41, 5.74) is 6.69. The Hall–Kier alpha value is -3.37. The molecule has 0 saturated carbocycles. The van der Waals surface area contributed by atoms with E-state index in [9.17, 15) is 4.39 Å². The van der Waals surface area contributed by atoms with Gasteiger partial charge in [-0.1, -0.05) is 36.4 Å². The summed E-state index contributed by atoms with van der Waals surface area (Å²) in [5.74, 6) is -0.208. The van der Waals surface area contributed by atoms with Crippen LogP contribution >= 0.6 is 0 Å². The van der Waals surface area contributed by atoms with Gasteiger partial charge in [-0.25, -0.2) is 4.39 Å². The summed E-state index contributed by atoms with van der Waals surface area (Å²) in [4.78, 5) is 0. The molecule has 28 heavy (non-hydrogen) atoms. The minimum atomic E-state index is -0.208. The fraction of sp³-hybridized carbons (Fsp3) is 0.0833. The zero-order valence-electron chi connectivity index (χ0n) is 15.2. The third-order valence-corrected chi connectivity index (χ3v) is 5.14. The summed E-state index contributed by atoms with van der Waals surface area (Å²) >= 11 is 0. The molecule has 1 N–H and O–H groups in total. The molecule has 0 atom stereocenters. The van der Waals surface area contributed by atoms with E-state index in [1.165, 1.54) is 22.8 Å². The molecule has 0 spiro atoms. The van der Waals surface area contributed by atoms with E-state index in [2.05, 4.69) is 51.9 Å². The summed E-state index contributed by atoms with van der Waals surface area (Å²) in [6.45, 7) is 1.59. The maximum atomic E-state index is 13.5. The molecular formula is C24H18FN3. The van der Waals surface area contributed by atoms with E-state index in [-0.39, 0.29) is 5.82 Å². The van der Waals surface area contributed by atoms with Gasteiger partial charge in [-0.05, 0) is 69.4 Å². The average Bonchev–Trinajstić information content (AvgIpc) is 2.96. The van der Waals surface area contributed by atoms with E-state index in [1.807, 2.05) is 24.3 Å². The number of aromatic nitrogens is 2. The zero-order chi connectivity index (χ0) is 18.9. The number of halogens is 1. The molecule has 1 aliphatic heterocycles. The third-order valence-electron chi connectivity index (χ3n) is 5.14. The van der Waals surface area contributed by atoms with Crippen LogP contribution in [0.2, 0.25) is 0 Å². The quantitative estimate of drug-likeness (QED) is 0.543. The number of hydrogen-bond donors (Lipinski definition) is 1. The van der Waals surface area contributed by atoms with Crippen LogP contribution in [0, 0.1) is 5.82 Å². The van der Waals surface area contributed by atoms with Crippen molar-refractivity contribution in [1.29, 1.82) is 0 Å². The Morgan fingerprint density at radius 1 is 0.857 bits per heavy atom. The number of benzene rings is 3. The summed E-state index contributed by atoms with van der Waals surface area (Å²) in [6.07, 6.45) is 3.90. The van der Waals surface area contributed by atoms with Gasteiger partial charge < -0.3 is 5.32 Å². The standard InChI is InChI=1S/C24H18FN3/c25-21-7-5-16-12-18(4-3-17(16)14-21)23-9-11-26-15-20-13-19(6-8-22(20)23)24-2-1-10-27-28-24/h1-10,12-14,26H,11,15H2. The number of nitrogens with one attached hydrogen (secondary N) is 1. The molecule has 5 rings (SSSR count).